The van der Waals surface area contributed by atoms with Crippen LogP contribution in [-0.2, 0) is 13.6 Å². The Morgan fingerprint density at radius 3 is 1.70 bits per heavy atom. The van der Waals surface area contributed by atoms with Gasteiger partial charge in [0.1, 0.15) is 0 Å². The number of hydrogen-bond donors (Lipinski definition) is 0. The molecule has 1 aromatic carbocycles. The van der Waals surface area contributed by atoms with Gasteiger partial charge in [-0.15, -0.1) is 4.52 Å². The molecule has 1 aliphatic rings. The predicted octanol–water partition coefficient (Wildman–Crippen LogP) is 5.91. The monoisotopic (exact) mass is 361 g/mol. The van der Waals surface area contributed by atoms with Gasteiger partial charge in [0.15, 0.2) is 11.5 Å². The zero-order chi connectivity index (χ0) is 16.5. The molecule has 0 saturated carbocycles. The summed E-state index contributed by atoms with van der Waals surface area (Å²) in [5.41, 5.74) is 0. The quantitative estimate of drug-likeness (QED) is 0.485. The van der Waals surface area contributed by atoms with E-state index in [1.165, 1.54) is 0 Å². The summed E-state index contributed by atoms with van der Waals surface area (Å²) in [6.45, 7) is 7.71. The van der Waals surface area contributed by atoms with Crippen molar-refractivity contribution >= 4 is 16.3 Å². The lowest BCUT2D eigenvalue weighted by Crippen LogP contribution is -2.04. The molecule has 0 unspecified atom stereocenters. The summed E-state index contributed by atoms with van der Waals surface area (Å²) >= 11 is 0. The molecule has 0 fully saturated rings. The first-order valence-corrected chi connectivity index (χ1v) is 10.7. The van der Waals surface area contributed by atoms with Crippen LogP contribution in [0.5, 0.6) is 11.5 Å². The van der Waals surface area contributed by atoms with Gasteiger partial charge >= 0.3 is 16.3 Å². The number of rotatable bonds is 10. The van der Waals surface area contributed by atoms with Crippen LogP contribution >= 0.6 is 16.3 Å². The molecule has 0 spiro atoms. The minimum absolute atomic E-state index is 0.529. The van der Waals surface area contributed by atoms with Crippen LogP contribution in [0.15, 0.2) is 28.8 Å². The fourth-order valence-corrected chi connectivity index (χ4v) is 5.49. The number of para-hydroxylation sites is 2. The van der Waals surface area contributed by atoms with E-state index >= 15 is 0 Å². The molecule has 23 heavy (non-hydrogen) atoms. The topological polar surface area (TPSA) is 58.5 Å². The molecule has 0 radical (unpaired) electrons. The van der Waals surface area contributed by atoms with Gasteiger partial charge in [-0.25, -0.2) is 0 Å². The summed E-state index contributed by atoms with van der Waals surface area (Å²) in [6.07, 6.45) is 2.59. The third-order valence-corrected chi connectivity index (χ3v) is 6.45. The molecule has 0 aromatic heterocycles. The Balaban J connectivity index is 2.19. The van der Waals surface area contributed by atoms with Crippen LogP contribution < -0.4 is 9.05 Å². The number of fused-ring (bicyclic) bond motifs is 1. The standard InChI is InChI=1S/C15H25NO5P2/c1-4-11-17-23(18-12-5-2,19-13-6-3)16-22-20-14-9-7-8-10-15(14)21-22/h7-10H,4-6,11-13H2,1-3H3. The smallest absolute Gasteiger partial charge is 0.418 e. The molecule has 0 atom stereocenters. The molecule has 0 N–H and O–H groups in total. The summed E-state index contributed by atoms with van der Waals surface area (Å²) in [4.78, 5) is 0. The van der Waals surface area contributed by atoms with Crippen LogP contribution in [0.25, 0.3) is 0 Å². The highest BCUT2D eigenvalue weighted by Crippen LogP contribution is 2.64. The van der Waals surface area contributed by atoms with E-state index in [1.807, 2.05) is 45.0 Å². The molecule has 1 aliphatic heterocycles. The second kappa shape index (κ2) is 9.61. The predicted molar refractivity (Wildman–Crippen MR) is 92.7 cm³/mol. The van der Waals surface area contributed by atoms with E-state index in [0.29, 0.717) is 31.3 Å². The van der Waals surface area contributed by atoms with Crippen molar-refractivity contribution in [2.45, 2.75) is 40.0 Å². The molecule has 0 amide bonds. The highest BCUT2D eigenvalue weighted by atomic mass is 31.2. The molecule has 2 rings (SSSR count). The third kappa shape index (κ3) is 5.44. The average Bonchev–Trinajstić information content (AvgIpc) is 2.98. The summed E-state index contributed by atoms with van der Waals surface area (Å²) in [6, 6.07) is 7.52. The molecule has 1 aromatic rings. The number of hydrogen-bond acceptors (Lipinski definition) is 6. The van der Waals surface area contributed by atoms with Gasteiger partial charge in [-0.2, -0.15) is 0 Å². The highest BCUT2D eigenvalue weighted by molar-refractivity contribution is 7.61. The van der Waals surface area contributed by atoms with Crippen LogP contribution in [0, 0.1) is 0 Å². The Bertz CT molecular complexity index is 487. The van der Waals surface area contributed by atoms with Crippen LogP contribution in [0.3, 0.4) is 0 Å². The van der Waals surface area contributed by atoms with Gasteiger partial charge in [0.05, 0.1) is 19.8 Å². The van der Waals surface area contributed by atoms with E-state index in [0.717, 1.165) is 19.3 Å². The van der Waals surface area contributed by atoms with Crippen molar-refractivity contribution in [3.05, 3.63) is 24.3 Å². The summed E-state index contributed by atoms with van der Waals surface area (Å²) in [5, 5.41) is 0. The molecule has 1 heterocycles. The van der Waals surface area contributed by atoms with E-state index in [4.69, 9.17) is 22.6 Å². The molecule has 0 saturated heterocycles. The first-order chi connectivity index (χ1) is 11.2. The van der Waals surface area contributed by atoms with Gasteiger partial charge in [0, 0.05) is 0 Å². The van der Waals surface area contributed by atoms with E-state index in [-0.39, 0.29) is 0 Å². The minimum Gasteiger partial charge on any atom is -0.418 e. The largest absolute Gasteiger partial charge is 0.442 e. The molecule has 6 nitrogen and oxygen atoms in total. The first-order valence-electron chi connectivity index (χ1n) is 8.04. The average molecular weight is 361 g/mol. The number of benzene rings is 1. The van der Waals surface area contributed by atoms with Gasteiger partial charge in [0.25, 0.3) is 0 Å². The fraction of sp³-hybridized carbons (Fsp3) is 0.600. The maximum Gasteiger partial charge on any atom is 0.442 e. The molecule has 130 valence electrons. The molecule has 8 heteroatoms. The van der Waals surface area contributed by atoms with Gasteiger partial charge in [-0.1, -0.05) is 32.9 Å². The summed E-state index contributed by atoms with van der Waals surface area (Å²) in [7, 11) is -4.33. The maximum absolute atomic E-state index is 5.90. The molecular formula is C15H25NO5P2. The van der Waals surface area contributed by atoms with Crippen LogP contribution in [0.4, 0.5) is 0 Å². The lowest BCUT2D eigenvalue weighted by molar-refractivity contribution is 0.148. The van der Waals surface area contributed by atoms with E-state index in [2.05, 4.69) is 4.52 Å². The van der Waals surface area contributed by atoms with Crippen molar-refractivity contribution in [2.24, 2.45) is 4.52 Å². The van der Waals surface area contributed by atoms with Crippen molar-refractivity contribution in [2.75, 3.05) is 19.8 Å². The van der Waals surface area contributed by atoms with Crippen LogP contribution in [0.2, 0.25) is 0 Å². The van der Waals surface area contributed by atoms with Gasteiger partial charge in [-0.05, 0) is 31.4 Å². The minimum atomic E-state index is -2.82. The Hall–Kier alpha value is -0.640. The van der Waals surface area contributed by atoms with Gasteiger partial charge in [-0.3, -0.25) is 0 Å². The van der Waals surface area contributed by atoms with Crippen molar-refractivity contribution < 1.29 is 22.6 Å². The maximum atomic E-state index is 5.90. The van der Waals surface area contributed by atoms with Crippen molar-refractivity contribution in [3.63, 3.8) is 0 Å². The van der Waals surface area contributed by atoms with Crippen molar-refractivity contribution in [1.29, 1.82) is 0 Å². The van der Waals surface area contributed by atoms with Gasteiger partial charge < -0.3 is 22.6 Å². The highest BCUT2D eigenvalue weighted by Gasteiger charge is 2.33. The second-order valence-electron chi connectivity index (χ2n) is 4.92. The Kier molecular flexibility index (Phi) is 7.81. The van der Waals surface area contributed by atoms with E-state index in [9.17, 15) is 0 Å². The normalized spacial score (nSPS) is 14.2. The summed E-state index contributed by atoms with van der Waals surface area (Å²) < 4.78 is 33.8. The Morgan fingerprint density at radius 2 is 1.30 bits per heavy atom. The van der Waals surface area contributed by atoms with Crippen molar-refractivity contribution in [1.82, 2.24) is 0 Å². The van der Waals surface area contributed by atoms with Crippen LogP contribution in [0.1, 0.15) is 40.0 Å². The molecule has 0 bridgehead atoms. The fourth-order valence-electron chi connectivity index (χ4n) is 1.72. The number of nitrogens with zero attached hydrogens (tertiary/aromatic N) is 1. The van der Waals surface area contributed by atoms with Crippen molar-refractivity contribution in [3.8, 4) is 11.5 Å². The molecule has 0 aliphatic carbocycles. The van der Waals surface area contributed by atoms with Gasteiger partial charge in [0.2, 0.25) is 0 Å². The van der Waals surface area contributed by atoms with E-state index in [1.54, 1.807) is 0 Å². The summed E-state index contributed by atoms with van der Waals surface area (Å²) in [5.74, 6) is 1.39. The Labute approximate surface area is 139 Å². The second-order valence-corrected chi connectivity index (χ2v) is 8.19. The zero-order valence-electron chi connectivity index (χ0n) is 13.9. The first kappa shape index (κ1) is 18.7. The molecular weight excluding hydrogens is 336 g/mol. The van der Waals surface area contributed by atoms with E-state index < -0.39 is 16.3 Å². The Morgan fingerprint density at radius 1 is 0.870 bits per heavy atom. The van der Waals surface area contributed by atoms with Crippen LogP contribution in [-0.4, -0.2) is 19.8 Å². The third-order valence-electron chi connectivity index (χ3n) is 2.76. The lowest BCUT2D eigenvalue weighted by Gasteiger charge is -2.23. The zero-order valence-corrected chi connectivity index (χ0v) is 15.7. The SMILES string of the molecule is CCCOP(=NP1Oc2ccccc2O1)(OCCC)OCCC. The lowest BCUT2D eigenvalue weighted by atomic mass is 10.3.